The maximum atomic E-state index is 13.5. The van der Waals surface area contributed by atoms with Gasteiger partial charge in [-0.25, -0.2) is 0 Å². The van der Waals surface area contributed by atoms with Crippen LogP contribution in [0.1, 0.15) is 47.6 Å². The van der Waals surface area contributed by atoms with Gasteiger partial charge in [0.2, 0.25) is 5.91 Å². The second-order valence-corrected chi connectivity index (χ2v) is 12.1. The standard InChI is InChI=1S/C35H38N2O4/c1-36(31(39)18-13-23-9-5-3-6-10-23)27-16-15-26-28-21-25-14-17-30(40-2)33-32(25)35(26,34(27)41-33)19-20-37(28)22-29(38)24-11-7-4-8-12-24/h3-14,17-18,26-29,34,38H,15-16,19-22H2,1-2H3/t26-,27-,28+,29?,34-,35-/m0/s1. The van der Waals surface area contributed by atoms with Gasteiger partial charge in [0.1, 0.15) is 6.10 Å². The Balaban J connectivity index is 1.21. The third-order valence-electron chi connectivity index (χ3n) is 10.3. The third kappa shape index (κ3) is 4.19. The molecule has 1 unspecified atom stereocenters. The topological polar surface area (TPSA) is 62.2 Å². The van der Waals surface area contributed by atoms with Crippen molar-refractivity contribution in [2.75, 3.05) is 27.2 Å². The average molecular weight is 551 g/mol. The number of β-amino-alcohol motifs (C(OH)–C–C–N with tert-alkyl or cyclic N) is 1. The van der Waals surface area contributed by atoms with E-state index in [0.29, 0.717) is 18.5 Å². The summed E-state index contributed by atoms with van der Waals surface area (Å²) in [5.74, 6) is 2.05. The lowest BCUT2D eigenvalue weighted by atomic mass is 9.51. The van der Waals surface area contributed by atoms with Gasteiger partial charge in [0.05, 0.1) is 19.3 Å². The van der Waals surface area contributed by atoms with E-state index in [0.717, 1.165) is 54.9 Å². The smallest absolute Gasteiger partial charge is 0.246 e. The molecule has 3 aromatic carbocycles. The summed E-state index contributed by atoms with van der Waals surface area (Å²) < 4.78 is 12.7. The lowest BCUT2D eigenvalue weighted by molar-refractivity contribution is -0.135. The molecule has 1 amide bonds. The number of hydrogen-bond acceptors (Lipinski definition) is 5. The van der Waals surface area contributed by atoms with Crippen molar-refractivity contribution in [1.29, 1.82) is 0 Å². The van der Waals surface area contributed by atoms with Crippen LogP contribution in [0.4, 0.5) is 0 Å². The fourth-order valence-electron chi connectivity index (χ4n) is 8.39. The van der Waals surface area contributed by atoms with Crippen LogP contribution in [-0.2, 0) is 16.6 Å². The fourth-order valence-corrected chi connectivity index (χ4v) is 8.39. The Morgan fingerprint density at radius 3 is 2.63 bits per heavy atom. The number of likely N-dealkylation sites (N-methyl/N-ethyl adjacent to an activating group) is 1. The molecule has 2 aliphatic carbocycles. The highest BCUT2D eigenvalue weighted by atomic mass is 16.5. The van der Waals surface area contributed by atoms with Crippen LogP contribution in [0, 0.1) is 5.92 Å². The molecule has 212 valence electrons. The van der Waals surface area contributed by atoms with Crippen LogP contribution < -0.4 is 9.47 Å². The molecule has 7 rings (SSSR count). The van der Waals surface area contributed by atoms with Crippen molar-refractivity contribution in [3.63, 3.8) is 0 Å². The van der Waals surface area contributed by atoms with Crippen LogP contribution in [0.3, 0.4) is 0 Å². The lowest BCUT2D eigenvalue weighted by Crippen LogP contribution is -2.69. The van der Waals surface area contributed by atoms with E-state index >= 15 is 0 Å². The normalized spacial score (nSPS) is 28.6. The Bertz CT molecular complexity index is 1460. The number of carbonyl (C=O) groups excluding carboxylic acids is 1. The van der Waals surface area contributed by atoms with E-state index in [2.05, 4.69) is 11.0 Å². The van der Waals surface area contributed by atoms with Crippen molar-refractivity contribution < 1.29 is 19.4 Å². The molecule has 6 atom stereocenters. The van der Waals surface area contributed by atoms with Gasteiger partial charge in [-0.2, -0.15) is 0 Å². The molecule has 41 heavy (non-hydrogen) atoms. The quantitative estimate of drug-likeness (QED) is 0.419. The number of hydrogen-bond donors (Lipinski definition) is 1. The summed E-state index contributed by atoms with van der Waals surface area (Å²) in [6.45, 7) is 1.51. The zero-order valence-electron chi connectivity index (χ0n) is 23.8. The highest BCUT2D eigenvalue weighted by Crippen LogP contribution is 2.64. The fraction of sp³-hybridized carbons (Fsp3) is 0.400. The zero-order valence-corrected chi connectivity index (χ0v) is 23.8. The molecule has 2 aliphatic heterocycles. The molecule has 6 heteroatoms. The van der Waals surface area contributed by atoms with E-state index in [9.17, 15) is 9.90 Å². The van der Waals surface area contributed by atoms with Crippen molar-refractivity contribution >= 4 is 12.0 Å². The lowest BCUT2D eigenvalue weighted by Gasteiger charge is -2.60. The van der Waals surface area contributed by atoms with Gasteiger partial charge in [-0.3, -0.25) is 9.69 Å². The van der Waals surface area contributed by atoms with Crippen LogP contribution in [-0.4, -0.2) is 66.2 Å². The summed E-state index contributed by atoms with van der Waals surface area (Å²) in [5, 5.41) is 11.2. The molecule has 6 nitrogen and oxygen atoms in total. The summed E-state index contributed by atoms with van der Waals surface area (Å²) in [6.07, 6.45) is 6.70. The number of nitrogens with zero attached hydrogens (tertiary/aromatic N) is 2. The molecule has 0 aromatic heterocycles. The number of piperidine rings is 1. The monoisotopic (exact) mass is 550 g/mol. The number of rotatable bonds is 7. The van der Waals surface area contributed by atoms with Gasteiger partial charge >= 0.3 is 0 Å². The van der Waals surface area contributed by atoms with Crippen LogP contribution in [0.5, 0.6) is 11.5 Å². The molecule has 2 bridgehead atoms. The van der Waals surface area contributed by atoms with E-state index in [-0.39, 0.29) is 23.5 Å². The minimum Gasteiger partial charge on any atom is -0.493 e. The number of benzene rings is 3. The summed E-state index contributed by atoms with van der Waals surface area (Å²) in [6, 6.07) is 24.5. The van der Waals surface area contributed by atoms with Gasteiger partial charge in [-0.05, 0) is 67.0 Å². The molecule has 3 aromatic rings. The average Bonchev–Trinajstić information content (AvgIpc) is 3.36. The summed E-state index contributed by atoms with van der Waals surface area (Å²) in [7, 11) is 3.63. The summed E-state index contributed by atoms with van der Waals surface area (Å²) in [5.41, 5.74) is 4.44. The Hall–Kier alpha value is -3.61. The van der Waals surface area contributed by atoms with Crippen molar-refractivity contribution in [1.82, 2.24) is 9.80 Å². The molecular formula is C35H38N2O4. The van der Waals surface area contributed by atoms with Crippen molar-refractivity contribution in [3.05, 3.63) is 101 Å². The number of likely N-dealkylation sites (tertiary alicyclic amines) is 1. The molecule has 1 saturated carbocycles. The number of methoxy groups -OCH3 is 1. The molecule has 0 radical (unpaired) electrons. The van der Waals surface area contributed by atoms with Gasteiger partial charge in [-0.15, -0.1) is 0 Å². The Morgan fingerprint density at radius 1 is 1.12 bits per heavy atom. The van der Waals surface area contributed by atoms with E-state index in [1.165, 1.54) is 11.1 Å². The van der Waals surface area contributed by atoms with Gasteiger partial charge in [0.25, 0.3) is 0 Å². The first-order chi connectivity index (χ1) is 20.0. The number of amides is 1. The Morgan fingerprint density at radius 2 is 1.88 bits per heavy atom. The third-order valence-corrected chi connectivity index (χ3v) is 10.3. The minimum atomic E-state index is -0.523. The largest absolute Gasteiger partial charge is 0.493 e. The van der Waals surface area contributed by atoms with Gasteiger partial charge in [0.15, 0.2) is 11.5 Å². The summed E-state index contributed by atoms with van der Waals surface area (Å²) in [4.78, 5) is 17.9. The Labute approximate surface area is 242 Å². The minimum absolute atomic E-state index is 0.00349. The Kier molecular flexibility index (Phi) is 6.63. The maximum absolute atomic E-state index is 13.5. The first kappa shape index (κ1) is 26.3. The molecule has 1 spiro atoms. The van der Waals surface area contributed by atoms with Crippen LogP contribution in [0.25, 0.3) is 6.08 Å². The first-order valence-corrected chi connectivity index (χ1v) is 14.8. The van der Waals surface area contributed by atoms with Crippen molar-refractivity contribution in [2.24, 2.45) is 5.92 Å². The van der Waals surface area contributed by atoms with Crippen LogP contribution in [0.2, 0.25) is 0 Å². The van der Waals surface area contributed by atoms with Crippen LogP contribution in [0.15, 0.2) is 78.9 Å². The second kappa shape index (κ2) is 10.3. The van der Waals surface area contributed by atoms with Crippen LogP contribution >= 0.6 is 0 Å². The van der Waals surface area contributed by atoms with Crippen molar-refractivity contribution in [2.45, 2.75) is 55.4 Å². The molecule has 1 N–H and O–H groups in total. The molecule has 1 saturated heterocycles. The highest BCUT2D eigenvalue weighted by Gasteiger charge is 2.66. The van der Waals surface area contributed by atoms with E-state index < -0.39 is 6.10 Å². The maximum Gasteiger partial charge on any atom is 0.246 e. The number of aliphatic hydroxyl groups excluding tert-OH is 1. The molecular weight excluding hydrogens is 512 g/mol. The van der Waals surface area contributed by atoms with E-state index in [1.807, 2.05) is 84.8 Å². The molecule has 4 aliphatic rings. The van der Waals surface area contributed by atoms with Gasteiger partial charge in [-0.1, -0.05) is 66.7 Å². The SMILES string of the molecule is COc1ccc2c3c1O[C@H]1[C@@H](N(C)C(=O)C=Cc4ccccc4)CC[C@H]4[C@@H](C2)N(CC(O)c2ccccc2)CC[C@@]341. The summed E-state index contributed by atoms with van der Waals surface area (Å²) >= 11 is 0. The molecule has 2 heterocycles. The first-order valence-electron chi connectivity index (χ1n) is 14.8. The van der Waals surface area contributed by atoms with E-state index in [1.54, 1.807) is 13.2 Å². The van der Waals surface area contributed by atoms with Crippen molar-refractivity contribution in [3.8, 4) is 11.5 Å². The predicted molar refractivity (Wildman–Crippen MR) is 159 cm³/mol. The number of carbonyl (C=O) groups is 1. The predicted octanol–water partition coefficient (Wildman–Crippen LogP) is 5.01. The van der Waals surface area contributed by atoms with Gasteiger partial charge in [0, 0.05) is 36.7 Å². The number of ether oxygens (including phenoxy) is 2. The highest BCUT2D eigenvalue weighted by molar-refractivity contribution is 5.92. The zero-order chi connectivity index (χ0) is 28.1. The van der Waals surface area contributed by atoms with Gasteiger partial charge < -0.3 is 19.5 Å². The second-order valence-electron chi connectivity index (χ2n) is 12.1. The van der Waals surface area contributed by atoms with E-state index in [4.69, 9.17) is 9.47 Å². The molecule has 2 fully saturated rings. The number of aliphatic hydroxyl groups is 1.